The summed E-state index contributed by atoms with van der Waals surface area (Å²) in [6, 6.07) is 3.83. The molecule has 6 heteroatoms. The minimum absolute atomic E-state index is 0.198. The molecule has 1 aromatic rings. The molecule has 4 rings (SSSR count). The molecule has 5 atom stereocenters. The zero-order valence-corrected chi connectivity index (χ0v) is 17.3. The van der Waals surface area contributed by atoms with Crippen molar-refractivity contribution in [2.75, 3.05) is 7.11 Å². The lowest BCUT2D eigenvalue weighted by Crippen LogP contribution is -2.47. The number of aryl methyl sites for hydroxylation is 1. The van der Waals surface area contributed by atoms with E-state index < -0.39 is 10.3 Å². The molecule has 2 saturated carbocycles. The fourth-order valence-corrected chi connectivity index (χ4v) is 6.79. The van der Waals surface area contributed by atoms with Gasteiger partial charge in [-0.3, -0.25) is 0 Å². The van der Waals surface area contributed by atoms with E-state index in [1.54, 1.807) is 7.11 Å². The van der Waals surface area contributed by atoms with Gasteiger partial charge in [-0.15, -0.1) is 0 Å². The van der Waals surface area contributed by atoms with E-state index in [0.717, 1.165) is 18.3 Å². The third kappa shape index (κ3) is 3.25. The van der Waals surface area contributed by atoms with Crippen molar-refractivity contribution in [1.29, 1.82) is 0 Å². The van der Waals surface area contributed by atoms with Gasteiger partial charge in [0.1, 0.15) is 0 Å². The van der Waals surface area contributed by atoms with Crippen molar-refractivity contribution in [2.24, 2.45) is 28.3 Å². The number of methoxy groups -OCH3 is 1. The molecule has 0 saturated heterocycles. The Morgan fingerprint density at radius 2 is 1.93 bits per heavy atom. The molecule has 0 aliphatic heterocycles. The Bertz CT molecular complexity index is 837. The molecule has 5 nitrogen and oxygen atoms in total. The maximum atomic E-state index is 11.4. The molecule has 0 spiro atoms. The van der Waals surface area contributed by atoms with Crippen LogP contribution < -0.4 is 14.1 Å². The van der Waals surface area contributed by atoms with Gasteiger partial charge in [0.2, 0.25) is 0 Å². The van der Waals surface area contributed by atoms with Gasteiger partial charge in [-0.05, 0) is 84.5 Å². The Morgan fingerprint density at radius 3 is 2.63 bits per heavy atom. The third-order valence-electron chi connectivity index (χ3n) is 7.93. The lowest BCUT2D eigenvalue weighted by atomic mass is 9.48. The Morgan fingerprint density at radius 1 is 1.15 bits per heavy atom. The van der Waals surface area contributed by atoms with Gasteiger partial charge in [-0.25, -0.2) is 0 Å². The van der Waals surface area contributed by atoms with Gasteiger partial charge in [0.05, 0.1) is 7.11 Å². The first kappa shape index (κ1) is 19.1. The summed E-state index contributed by atoms with van der Waals surface area (Å²) >= 11 is 0. The monoisotopic (exact) mass is 393 g/mol. The number of fused-ring (bicyclic) bond motifs is 5. The summed E-state index contributed by atoms with van der Waals surface area (Å²) in [7, 11) is -2.53. The minimum atomic E-state index is -4.07. The van der Waals surface area contributed by atoms with Crippen LogP contribution in [0.5, 0.6) is 11.5 Å². The molecule has 3 aliphatic rings. The summed E-state index contributed by atoms with van der Waals surface area (Å²) in [5.74, 6) is 3.50. The summed E-state index contributed by atoms with van der Waals surface area (Å²) < 4.78 is 33.2. The second kappa shape index (κ2) is 6.66. The average molecular weight is 394 g/mol. The van der Waals surface area contributed by atoms with Crippen molar-refractivity contribution in [3.63, 3.8) is 0 Å². The van der Waals surface area contributed by atoms with Crippen LogP contribution in [0.25, 0.3) is 0 Å². The van der Waals surface area contributed by atoms with Crippen molar-refractivity contribution in [1.82, 2.24) is 0 Å². The molecule has 2 N–H and O–H groups in total. The molecule has 0 bridgehead atoms. The lowest BCUT2D eigenvalue weighted by Gasteiger charge is -2.57. The van der Waals surface area contributed by atoms with E-state index in [9.17, 15) is 8.42 Å². The molecule has 2 fully saturated rings. The Hall–Kier alpha value is -1.27. The number of rotatable bonds is 3. The zero-order chi connectivity index (χ0) is 19.4. The highest BCUT2D eigenvalue weighted by Gasteiger charge is 2.51. The normalized spacial score (nSPS) is 35.6. The van der Waals surface area contributed by atoms with Crippen LogP contribution in [0.3, 0.4) is 0 Å². The van der Waals surface area contributed by atoms with Gasteiger partial charge < -0.3 is 8.92 Å². The molecule has 1 aromatic carbocycles. The highest BCUT2D eigenvalue weighted by Crippen LogP contribution is 2.61. The van der Waals surface area contributed by atoms with Crippen molar-refractivity contribution in [2.45, 2.75) is 64.7 Å². The van der Waals surface area contributed by atoms with E-state index in [2.05, 4.69) is 13.8 Å². The second-order valence-corrected chi connectivity index (χ2v) is 10.2. The van der Waals surface area contributed by atoms with Crippen molar-refractivity contribution < 1.29 is 17.3 Å². The fraction of sp³-hybridized carbons (Fsp3) is 0.714. The van der Waals surface area contributed by atoms with Crippen LogP contribution in [-0.2, 0) is 16.7 Å². The molecule has 27 heavy (non-hydrogen) atoms. The van der Waals surface area contributed by atoms with Crippen LogP contribution in [-0.4, -0.2) is 15.5 Å². The van der Waals surface area contributed by atoms with E-state index in [-0.39, 0.29) is 5.75 Å². The molecule has 0 aromatic heterocycles. The number of hydrogen-bond donors (Lipinski definition) is 1. The van der Waals surface area contributed by atoms with Crippen LogP contribution in [0.4, 0.5) is 0 Å². The van der Waals surface area contributed by atoms with E-state index in [4.69, 9.17) is 14.1 Å². The molecule has 3 aliphatic carbocycles. The lowest BCUT2D eigenvalue weighted by molar-refractivity contribution is -0.0434. The molecule has 0 radical (unpaired) electrons. The average Bonchev–Trinajstić information content (AvgIpc) is 2.60. The van der Waals surface area contributed by atoms with Gasteiger partial charge in [-0.1, -0.05) is 26.7 Å². The van der Waals surface area contributed by atoms with Crippen LogP contribution >= 0.6 is 0 Å². The molecule has 1 unspecified atom stereocenters. The van der Waals surface area contributed by atoms with Gasteiger partial charge in [0.25, 0.3) is 0 Å². The minimum Gasteiger partial charge on any atom is -0.493 e. The molecular formula is C21H31NO4S. The number of ether oxygens (including phenoxy) is 1. The predicted molar refractivity (Wildman–Crippen MR) is 105 cm³/mol. The van der Waals surface area contributed by atoms with Crippen LogP contribution in [0.1, 0.15) is 69.4 Å². The maximum absolute atomic E-state index is 11.4. The highest BCUT2D eigenvalue weighted by molar-refractivity contribution is 7.84. The topological polar surface area (TPSA) is 78.6 Å². The van der Waals surface area contributed by atoms with E-state index >= 15 is 0 Å². The first-order valence-electron chi connectivity index (χ1n) is 10.2. The Kier molecular flexibility index (Phi) is 4.70. The number of nitrogens with two attached hydrogens (primary N) is 1. The van der Waals surface area contributed by atoms with Gasteiger partial charge >= 0.3 is 10.3 Å². The summed E-state index contributed by atoms with van der Waals surface area (Å²) in [5.41, 5.74) is 2.98. The van der Waals surface area contributed by atoms with Crippen molar-refractivity contribution in [3.8, 4) is 11.5 Å². The molecule has 150 valence electrons. The first-order chi connectivity index (χ1) is 12.7. The second-order valence-electron chi connectivity index (χ2n) is 9.07. The largest absolute Gasteiger partial charge is 0.493 e. The quantitative estimate of drug-likeness (QED) is 0.836. The van der Waals surface area contributed by atoms with Gasteiger partial charge in [0.15, 0.2) is 11.5 Å². The van der Waals surface area contributed by atoms with Gasteiger partial charge in [-0.2, -0.15) is 13.6 Å². The maximum Gasteiger partial charge on any atom is 0.380 e. The highest BCUT2D eigenvalue weighted by atomic mass is 32.2. The van der Waals surface area contributed by atoms with E-state index in [1.165, 1.54) is 49.7 Å². The van der Waals surface area contributed by atoms with Crippen molar-refractivity contribution >= 4 is 10.3 Å². The molecule has 0 heterocycles. The predicted octanol–water partition coefficient (Wildman–Crippen LogP) is 4.16. The van der Waals surface area contributed by atoms with E-state index in [0.29, 0.717) is 23.0 Å². The molecular weight excluding hydrogens is 362 g/mol. The number of hydrogen-bond acceptors (Lipinski definition) is 4. The van der Waals surface area contributed by atoms with E-state index in [1.807, 2.05) is 12.1 Å². The fourth-order valence-electron chi connectivity index (χ4n) is 6.40. The summed E-state index contributed by atoms with van der Waals surface area (Å²) in [4.78, 5) is 0. The Balaban J connectivity index is 1.70. The summed E-state index contributed by atoms with van der Waals surface area (Å²) in [6.45, 7) is 4.97. The van der Waals surface area contributed by atoms with Crippen LogP contribution in [0, 0.1) is 23.2 Å². The SMILES string of the molecule is COc1cc2c(cc1OS(N)(=O)=O)CC[C@@H]1[C@@H]2CC[C@]2(C)C(C)CCC[C@@H]12. The molecule has 0 amide bonds. The smallest absolute Gasteiger partial charge is 0.380 e. The first-order valence-corrected chi connectivity index (χ1v) is 11.6. The summed E-state index contributed by atoms with van der Waals surface area (Å²) in [5, 5.41) is 5.07. The van der Waals surface area contributed by atoms with Crippen LogP contribution in [0.15, 0.2) is 12.1 Å². The third-order valence-corrected chi connectivity index (χ3v) is 8.34. The van der Waals surface area contributed by atoms with Crippen molar-refractivity contribution in [3.05, 3.63) is 23.3 Å². The van der Waals surface area contributed by atoms with Gasteiger partial charge in [0, 0.05) is 0 Å². The Labute approximate surface area is 162 Å². The summed E-state index contributed by atoms with van der Waals surface area (Å²) in [6.07, 6.45) is 8.67. The van der Waals surface area contributed by atoms with Crippen LogP contribution in [0.2, 0.25) is 0 Å². The standard InChI is InChI=1S/C21H31NO4S/c1-13-5-4-6-18-16-8-7-14-11-20(26-27(22,23)24)19(25-3)12-17(14)15(16)9-10-21(13,18)2/h11-13,15-16,18H,4-10H2,1-3H3,(H2,22,23,24)/t13?,15-,16+,18-,21+/m0/s1. The number of benzene rings is 1. The zero-order valence-electron chi connectivity index (χ0n) is 16.5.